The Morgan fingerprint density at radius 2 is 2.13 bits per heavy atom. The third kappa shape index (κ3) is 2.73. The van der Waals surface area contributed by atoms with Gasteiger partial charge in [0.15, 0.2) is 0 Å². The van der Waals surface area contributed by atoms with Gasteiger partial charge in [0.1, 0.15) is 0 Å². The first-order valence-electron chi connectivity index (χ1n) is 4.69. The van der Waals surface area contributed by atoms with Gasteiger partial charge in [-0.3, -0.25) is 4.79 Å². The molecule has 0 atom stereocenters. The zero-order chi connectivity index (χ0) is 11.6. The Labute approximate surface area is 103 Å². The van der Waals surface area contributed by atoms with Gasteiger partial charge in [0.2, 0.25) is 5.91 Å². The predicted molar refractivity (Wildman–Crippen MR) is 67.6 cm³/mol. The van der Waals surface area contributed by atoms with Crippen molar-refractivity contribution in [1.29, 1.82) is 0 Å². The van der Waals surface area contributed by atoms with Crippen LogP contribution in [0.15, 0.2) is 16.6 Å². The number of rotatable bonds is 2. The van der Waals surface area contributed by atoms with Gasteiger partial charge < -0.3 is 4.90 Å². The van der Waals surface area contributed by atoms with Gasteiger partial charge >= 0.3 is 0 Å². The topological polar surface area (TPSA) is 20.3 Å². The molecule has 0 N–H and O–H groups in total. The Balaban J connectivity index is 3.19. The highest BCUT2D eigenvalue weighted by Gasteiger charge is 2.15. The van der Waals surface area contributed by atoms with Crippen molar-refractivity contribution < 1.29 is 4.79 Å². The fourth-order valence-electron chi connectivity index (χ4n) is 1.48. The third-order valence-electron chi connectivity index (χ3n) is 2.23. The number of benzene rings is 1. The van der Waals surface area contributed by atoms with E-state index < -0.39 is 0 Å². The van der Waals surface area contributed by atoms with Gasteiger partial charge in [0, 0.05) is 17.9 Å². The van der Waals surface area contributed by atoms with E-state index in [-0.39, 0.29) is 5.91 Å². The van der Waals surface area contributed by atoms with Crippen LogP contribution >= 0.6 is 27.5 Å². The fourth-order valence-corrected chi connectivity index (χ4v) is 2.58. The second-order valence-electron chi connectivity index (χ2n) is 3.36. The summed E-state index contributed by atoms with van der Waals surface area (Å²) in [6, 6.07) is 3.74. The van der Waals surface area contributed by atoms with E-state index in [9.17, 15) is 4.79 Å². The molecule has 0 bridgehead atoms. The Morgan fingerprint density at radius 1 is 1.53 bits per heavy atom. The molecule has 1 aromatic rings. The molecule has 4 heteroatoms. The predicted octanol–water partition coefficient (Wildman–Crippen LogP) is 3.78. The van der Waals surface area contributed by atoms with Crippen molar-refractivity contribution in [3.8, 4) is 0 Å². The minimum atomic E-state index is 0.0577. The van der Waals surface area contributed by atoms with E-state index in [1.165, 1.54) is 0 Å². The summed E-state index contributed by atoms with van der Waals surface area (Å²) in [6.45, 7) is 3.77. The average Bonchev–Trinajstić information content (AvgIpc) is 2.14. The minimum Gasteiger partial charge on any atom is -0.314 e. The maximum absolute atomic E-state index is 11.6. The largest absolute Gasteiger partial charge is 0.314 e. The summed E-state index contributed by atoms with van der Waals surface area (Å²) in [5, 5.41) is 0.589. The van der Waals surface area contributed by atoms with Crippen molar-refractivity contribution in [2.75, 3.05) is 11.9 Å². The Bertz CT molecular complexity index is 369. The van der Waals surface area contributed by atoms with Gasteiger partial charge in [-0.25, -0.2) is 0 Å². The molecule has 0 heterocycles. The van der Waals surface area contributed by atoms with Crippen LogP contribution in [0.3, 0.4) is 0 Å². The number of anilines is 1. The summed E-state index contributed by atoms with van der Waals surface area (Å²) in [6.07, 6.45) is 0.475. The average molecular weight is 291 g/mol. The van der Waals surface area contributed by atoms with Crippen LogP contribution in [-0.2, 0) is 4.79 Å². The van der Waals surface area contributed by atoms with E-state index in [2.05, 4.69) is 15.9 Å². The molecule has 1 aromatic carbocycles. The zero-order valence-electron chi connectivity index (χ0n) is 8.97. The first-order valence-corrected chi connectivity index (χ1v) is 5.86. The molecule has 0 saturated carbocycles. The molecule has 0 saturated heterocycles. The number of amides is 1. The smallest absolute Gasteiger partial charge is 0.226 e. The van der Waals surface area contributed by atoms with Crippen molar-refractivity contribution in [2.24, 2.45) is 0 Å². The molecular formula is C11H13BrClNO. The van der Waals surface area contributed by atoms with Crippen LogP contribution in [0.4, 0.5) is 5.69 Å². The summed E-state index contributed by atoms with van der Waals surface area (Å²) >= 11 is 9.47. The first-order chi connectivity index (χ1) is 6.97. The number of hydrogen-bond donors (Lipinski definition) is 0. The summed E-state index contributed by atoms with van der Waals surface area (Å²) in [7, 11) is 1.74. The van der Waals surface area contributed by atoms with Crippen molar-refractivity contribution in [3.05, 3.63) is 27.2 Å². The standard InChI is InChI=1S/C11H13BrClNO/c1-4-10(15)14(3)11-7(2)5-8(12)6-9(11)13/h5-6H,4H2,1-3H3. The molecule has 0 spiro atoms. The quantitative estimate of drug-likeness (QED) is 0.811. The maximum atomic E-state index is 11.6. The van der Waals surface area contributed by atoms with Crippen LogP contribution in [0.1, 0.15) is 18.9 Å². The minimum absolute atomic E-state index is 0.0577. The lowest BCUT2D eigenvalue weighted by atomic mass is 10.2. The Morgan fingerprint density at radius 3 is 2.60 bits per heavy atom. The molecule has 0 aliphatic heterocycles. The normalized spacial score (nSPS) is 10.2. The highest BCUT2D eigenvalue weighted by molar-refractivity contribution is 9.10. The van der Waals surface area contributed by atoms with Gasteiger partial charge in [0.25, 0.3) is 0 Å². The molecule has 0 aliphatic rings. The molecule has 0 aliphatic carbocycles. The van der Waals surface area contributed by atoms with Crippen LogP contribution < -0.4 is 4.90 Å². The molecule has 0 radical (unpaired) electrons. The monoisotopic (exact) mass is 289 g/mol. The summed E-state index contributed by atoms with van der Waals surface area (Å²) in [4.78, 5) is 13.2. The third-order valence-corrected chi connectivity index (χ3v) is 2.98. The summed E-state index contributed by atoms with van der Waals surface area (Å²) in [5.74, 6) is 0.0577. The van der Waals surface area contributed by atoms with Crippen LogP contribution in [0, 0.1) is 6.92 Å². The summed E-state index contributed by atoms with van der Waals surface area (Å²) in [5.41, 5.74) is 1.77. The molecular weight excluding hydrogens is 277 g/mol. The number of carbonyl (C=O) groups excluding carboxylic acids is 1. The van der Waals surface area contributed by atoms with Gasteiger partial charge in [-0.05, 0) is 24.6 Å². The van der Waals surface area contributed by atoms with Crippen LogP contribution in [-0.4, -0.2) is 13.0 Å². The lowest BCUT2D eigenvalue weighted by Crippen LogP contribution is -2.26. The molecule has 0 fully saturated rings. The Kier molecular flexibility index (Phi) is 4.17. The van der Waals surface area contributed by atoms with Gasteiger partial charge in [-0.1, -0.05) is 34.5 Å². The highest BCUT2D eigenvalue weighted by Crippen LogP contribution is 2.32. The first kappa shape index (κ1) is 12.5. The number of aryl methyl sites for hydroxylation is 1. The summed E-state index contributed by atoms with van der Waals surface area (Å²) < 4.78 is 0.922. The van der Waals surface area contributed by atoms with Crippen molar-refractivity contribution in [1.82, 2.24) is 0 Å². The van der Waals surface area contributed by atoms with Crippen molar-refractivity contribution in [3.63, 3.8) is 0 Å². The molecule has 15 heavy (non-hydrogen) atoms. The second-order valence-corrected chi connectivity index (χ2v) is 4.68. The maximum Gasteiger partial charge on any atom is 0.226 e. The van der Waals surface area contributed by atoms with E-state index in [0.29, 0.717) is 11.4 Å². The molecule has 1 amide bonds. The van der Waals surface area contributed by atoms with Gasteiger partial charge in [-0.15, -0.1) is 0 Å². The fraction of sp³-hybridized carbons (Fsp3) is 0.364. The number of nitrogens with zero attached hydrogens (tertiary/aromatic N) is 1. The van der Waals surface area contributed by atoms with Crippen molar-refractivity contribution in [2.45, 2.75) is 20.3 Å². The van der Waals surface area contributed by atoms with E-state index in [1.54, 1.807) is 18.0 Å². The highest BCUT2D eigenvalue weighted by atomic mass is 79.9. The number of halogens is 2. The van der Waals surface area contributed by atoms with E-state index in [4.69, 9.17) is 11.6 Å². The van der Waals surface area contributed by atoms with E-state index in [1.807, 2.05) is 19.9 Å². The molecule has 2 nitrogen and oxygen atoms in total. The number of carbonyl (C=O) groups is 1. The lowest BCUT2D eigenvalue weighted by Gasteiger charge is -2.20. The molecule has 82 valence electrons. The van der Waals surface area contributed by atoms with Crippen molar-refractivity contribution >= 4 is 39.1 Å². The van der Waals surface area contributed by atoms with E-state index in [0.717, 1.165) is 15.7 Å². The van der Waals surface area contributed by atoms with E-state index >= 15 is 0 Å². The number of hydrogen-bond acceptors (Lipinski definition) is 1. The van der Waals surface area contributed by atoms with Crippen LogP contribution in [0.5, 0.6) is 0 Å². The Hall–Kier alpha value is -0.540. The molecule has 1 rings (SSSR count). The second kappa shape index (κ2) is 4.99. The van der Waals surface area contributed by atoms with Gasteiger partial charge in [0.05, 0.1) is 10.7 Å². The zero-order valence-corrected chi connectivity index (χ0v) is 11.3. The van der Waals surface area contributed by atoms with Gasteiger partial charge in [-0.2, -0.15) is 0 Å². The van der Waals surface area contributed by atoms with Crippen LogP contribution in [0.2, 0.25) is 5.02 Å². The SMILES string of the molecule is CCC(=O)N(C)c1c(C)cc(Br)cc1Cl. The molecule has 0 aromatic heterocycles. The molecule has 0 unspecified atom stereocenters. The lowest BCUT2D eigenvalue weighted by molar-refractivity contribution is -0.118. The van der Waals surface area contributed by atoms with Crippen LogP contribution in [0.25, 0.3) is 0 Å².